The lowest BCUT2D eigenvalue weighted by Gasteiger charge is -2.30. The molecule has 0 aromatic heterocycles. The van der Waals surface area contributed by atoms with Crippen molar-refractivity contribution >= 4 is 121 Å². The molecule has 3 N–H and O–H groups in total. The van der Waals surface area contributed by atoms with Crippen molar-refractivity contribution in [1.29, 1.82) is 0 Å². The van der Waals surface area contributed by atoms with Crippen LogP contribution >= 0.6 is 79.5 Å². The molecule has 0 fully saturated rings. The van der Waals surface area contributed by atoms with E-state index >= 15 is 0 Å². The molecule has 2 amide bonds. The van der Waals surface area contributed by atoms with Crippen LogP contribution in [-0.4, -0.2) is 77.6 Å². The molecule has 1 aromatic carbocycles. The van der Waals surface area contributed by atoms with Crippen LogP contribution in [0.25, 0.3) is 0 Å². The van der Waals surface area contributed by atoms with Gasteiger partial charge >= 0.3 is 23.9 Å². The number of hydrogen-bond donors (Lipinski definition) is 2. The molecule has 0 aliphatic rings. The van der Waals surface area contributed by atoms with Crippen molar-refractivity contribution in [2.75, 3.05) is 18.9 Å². The van der Waals surface area contributed by atoms with Crippen LogP contribution < -0.4 is 11.1 Å². The Morgan fingerprint density at radius 1 is 0.780 bits per heavy atom. The first-order chi connectivity index (χ1) is 18.9. The molecular formula is C24H29ClI3N3O10. The number of halogens is 4. The lowest BCUT2D eigenvalue weighted by Crippen LogP contribution is -2.46. The quantitative estimate of drug-likeness (QED) is 0.103. The second kappa shape index (κ2) is 16.8. The topological polar surface area (TPSA) is 181 Å². The third-order valence-corrected chi connectivity index (χ3v) is 9.12. The number of carbonyl (C=O) groups excluding carboxylic acids is 6. The molecule has 0 bridgehead atoms. The smallest absolute Gasteiger partial charge is 0.303 e. The number of anilines is 1. The Balaban J connectivity index is 3.44. The molecule has 1 aromatic rings. The molecule has 4 unspecified atom stereocenters. The van der Waals surface area contributed by atoms with Crippen LogP contribution in [0.1, 0.15) is 62.3 Å². The summed E-state index contributed by atoms with van der Waals surface area (Å²) in [4.78, 5) is 72.8. The zero-order valence-electron chi connectivity index (χ0n) is 22.8. The van der Waals surface area contributed by atoms with Gasteiger partial charge < -0.3 is 30.0 Å². The van der Waals surface area contributed by atoms with Gasteiger partial charge in [-0.15, -0.1) is 0 Å². The predicted octanol–water partition coefficient (Wildman–Crippen LogP) is 3.18. The normalized spacial score (nSPS) is 13.6. The molecule has 13 nitrogen and oxygen atoms in total. The van der Waals surface area contributed by atoms with Gasteiger partial charge in [0.15, 0.2) is 12.2 Å². The Bertz CT molecular complexity index is 1220. The van der Waals surface area contributed by atoms with E-state index in [1.165, 1.54) is 27.7 Å². The maximum atomic E-state index is 13.6. The summed E-state index contributed by atoms with van der Waals surface area (Å²) in [7, 11) is 0. The molecule has 0 spiro atoms. The number of ether oxygens (including phenoxy) is 4. The highest BCUT2D eigenvalue weighted by molar-refractivity contribution is 14.1. The molecule has 17 heteroatoms. The number of rotatable bonds is 12. The minimum absolute atomic E-state index is 0.00859. The summed E-state index contributed by atoms with van der Waals surface area (Å²) >= 11 is 12.0. The first-order valence-corrected chi connectivity index (χ1v) is 15.3. The van der Waals surface area contributed by atoms with E-state index in [-0.39, 0.29) is 33.6 Å². The summed E-state index contributed by atoms with van der Waals surface area (Å²) in [5, 5.41) is 2.70. The summed E-state index contributed by atoms with van der Waals surface area (Å²) in [5.41, 5.74) is 6.49. The monoisotopic (exact) mass is 935 g/mol. The summed E-state index contributed by atoms with van der Waals surface area (Å²) in [5.74, 6) is -3.94. The van der Waals surface area contributed by atoms with Gasteiger partial charge in [0.2, 0.25) is 0 Å². The number of nitrogen functional groups attached to an aromatic ring is 1. The molecule has 0 saturated heterocycles. The van der Waals surface area contributed by atoms with Crippen molar-refractivity contribution in [3.63, 3.8) is 0 Å². The molecule has 0 radical (unpaired) electrons. The lowest BCUT2D eigenvalue weighted by molar-refractivity contribution is -0.158. The number of hydrogen-bond acceptors (Lipinski definition) is 11. The third-order valence-electron chi connectivity index (χ3n) is 5.33. The van der Waals surface area contributed by atoms with Gasteiger partial charge in [-0.05, 0) is 81.6 Å². The van der Waals surface area contributed by atoms with E-state index < -0.39 is 60.0 Å². The third kappa shape index (κ3) is 10.8. The SMILES string of the molecule is CC(=O)OCC(OC(C)=O)C(C)NC(=O)c1c(I)c(N)c(I)c(C(=O)N(Cl)C(C)C(COC(C)=O)OC(C)=O)c1I. The molecule has 0 aliphatic heterocycles. The van der Waals surface area contributed by atoms with Gasteiger partial charge in [0.25, 0.3) is 11.8 Å². The fourth-order valence-corrected chi connectivity index (χ4v) is 7.59. The molecule has 0 saturated carbocycles. The zero-order chi connectivity index (χ0) is 31.8. The second-order valence-corrected chi connectivity index (χ2v) is 12.2. The van der Waals surface area contributed by atoms with Crippen LogP contribution in [0.3, 0.4) is 0 Å². The minimum atomic E-state index is -1.09. The zero-order valence-corrected chi connectivity index (χ0v) is 30.1. The number of esters is 4. The highest BCUT2D eigenvalue weighted by Crippen LogP contribution is 2.35. The standard InChI is InChI=1S/C24H29ClI3N3O10/c1-9(15(40-13(5)34)7-38-11(3)32)30-23(36)17-19(26)18(21(28)22(29)20(17)27)24(37)31(25)10(2)16(41-14(6)35)8-39-12(4)33/h9-10,15-16H,7-8,29H2,1-6H3,(H,30,36). The Labute approximate surface area is 282 Å². The van der Waals surface area contributed by atoms with E-state index in [0.717, 1.165) is 11.3 Å². The number of benzene rings is 1. The van der Waals surface area contributed by atoms with Crippen molar-refractivity contribution in [2.24, 2.45) is 0 Å². The van der Waals surface area contributed by atoms with Crippen LogP contribution in [0.2, 0.25) is 0 Å². The first kappa shape index (κ1) is 37.3. The largest absolute Gasteiger partial charge is 0.462 e. The minimum Gasteiger partial charge on any atom is -0.462 e. The lowest BCUT2D eigenvalue weighted by atomic mass is 10.1. The van der Waals surface area contributed by atoms with Crippen LogP contribution in [0.15, 0.2) is 0 Å². The summed E-state index contributed by atoms with van der Waals surface area (Å²) in [6.07, 6.45) is -2.08. The second-order valence-electron chi connectivity index (χ2n) is 8.63. The van der Waals surface area contributed by atoms with E-state index in [1.54, 1.807) is 6.92 Å². The van der Waals surface area contributed by atoms with E-state index in [2.05, 4.69) is 5.32 Å². The average molecular weight is 936 g/mol. The number of amides is 2. The Hall–Kier alpha value is -1.68. The van der Waals surface area contributed by atoms with Gasteiger partial charge in [-0.3, -0.25) is 28.8 Å². The maximum absolute atomic E-state index is 13.6. The van der Waals surface area contributed by atoms with Crippen molar-refractivity contribution in [3.05, 3.63) is 21.8 Å². The fourth-order valence-electron chi connectivity index (χ4n) is 3.26. The molecule has 0 aliphatic carbocycles. The molecule has 0 heterocycles. The number of nitrogens with one attached hydrogen (secondary N) is 1. The van der Waals surface area contributed by atoms with Crippen molar-refractivity contribution in [1.82, 2.24) is 9.74 Å². The van der Waals surface area contributed by atoms with Gasteiger partial charge in [0, 0.05) is 43.0 Å². The Morgan fingerprint density at radius 2 is 1.22 bits per heavy atom. The maximum Gasteiger partial charge on any atom is 0.303 e. The Kier molecular flexibility index (Phi) is 15.3. The molecule has 41 heavy (non-hydrogen) atoms. The summed E-state index contributed by atoms with van der Waals surface area (Å²) in [6.45, 7) is 7.10. The molecular weight excluding hydrogens is 906 g/mol. The fraction of sp³-hybridized carbons (Fsp3) is 0.500. The predicted molar refractivity (Wildman–Crippen MR) is 172 cm³/mol. The Morgan fingerprint density at radius 3 is 1.68 bits per heavy atom. The van der Waals surface area contributed by atoms with Gasteiger partial charge in [-0.25, -0.2) is 4.42 Å². The van der Waals surface area contributed by atoms with Crippen LogP contribution in [0.4, 0.5) is 5.69 Å². The number of carbonyl (C=O) groups is 6. The first-order valence-electron chi connectivity index (χ1n) is 11.8. The molecule has 228 valence electrons. The van der Waals surface area contributed by atoms with Gasteiger partial charge in [0.1, 0.15) is 13.2 Å². The van der Waals surface area contributed by atoms with Crippen molar-refractivity contribution in [3.8, 4) is 0 Å². The highest BCUT2D eigenvalue weighted by Gasteiger charge is 2.35. The van der Waals surface area contributed by atoms with Gasteiger partial charge in [0.05, 0.1) is 36.0 Å². The summed E-state index contributed by atoms with van der Waals surface area (Å²) < 4.78 is 22.0. The van der Waals surface area contributed by atoms with Gasteiger partial charge in [-0.2, -0.15) is 0 Å². The number of nitrogens with two attached hydrogens (primary N) is 1. The average Bonchev–Trinajstić information content (AvgIpc) is 2.86. The number of nitrogens with zero attached hydrogens (tertiary/aromatic N) is 1. The van der Waals surface area contributed by atoms with E-state index in [9.17, 15) is 28.8 Å². The van der Waals surface area contributed by atoms with Crippen LogP contribution in [0, 0.1) is 10.7 Å². The van der Waals surface area contributed by atoms with Crippen molar-refractivity contribution in [2.45, 2.75) is 65.8 Å². The van der Waals surface area contributed by atoms with E-state index in [0.29, 0.717) is 7.14 Å². The summed E-state index contributed by atoms with van der Waals surface area (Å²) in [6, 6.07) is -1.78. The van der Waals surface area contributed by atoms with E-state index in [1.807, 2.05) is 67.8 Å². The van der Waals surface area contributed by atoms with Gasteiger partial charge in [-0.1, -0.05) is 0 Å². The van der Waals surface area contributed by atoms with Crippen molar-refractivity contribution < 1.29 is 47.7 Å². The van der Waals surface area contributed by atoms with Crippen LogP contribution in [0.5, 0.6) is 0 Å². The molecule has 4 atom stereocenters. The van der Waals surface area contributed by atoms with E-state index in [4.69, 9.17) is 36.5 Å². The molecule has 1 rings (SSSR count). The van der Waals surface area contributed by atoms with Crippen LogP contribution in [-0.2, 0) is 38.1 Å². The highest BCUT2D eigenvalue weighted by atomic mass is 127.